The van der Waals surface area contributed by atoms with Crippen LogP contribution in [0.4, 0.5) is 0 Å². The maximum atomic E-state index is 12.9. The number of rotatable bonds is 7. The topological polar surface area (TPSA) is 88.6 Å². The summed E-state index contributed by atoms with van der Waals surface area (Å²) in [4.78, 5) is 16.9. The third-order valence-electron chi connectivity index (χ3n) is 4.57. The van der Waals surface area contributed by atoms with Crippen LogP contribution in [0, 0.1) is 5.92 Å². The molecule has 0 spiro atoms. The number of benzene rings is 1. The molecule has 7 nitrogen and oxygen atoms in total. The Hall–Kier alpha value is -1.97. The third kappa shape index (κ3) is 4.85. The van der Waals surface area contributed by atoms with Gasteiger partial charge in [0, 0.05) is 37.6 Å². The number of hydrogen-bond donors (Lipinski definition) is 1. The van der Waals surface area contributed by atoms with E-state index in [-0.39, 0.29) is 23.3 Å². The summed E-state index contributed by atoms with van der Waals surface area (Å²) in [5.41, 5.74) is 0. The Kier molecular flexibility index (Phi) is 6.46. The lowest BCUT2D eigenvalue weighted by Crippen LogP contribution is -2.45. The van der Waals surface area contributed by atoms with Gasteiger partial charge in [0.05, 0.1) is 22.9 Å². The fraction of sp³-hybridized carbons (Fsp3) is 0.444. The SMILES string of the molecule is COc1ccc(S(=O)(=O)N2CCCC(C(=O)NCCc3nccs3)C2)cc1. The zero-order valence-corrected chi connectivity index (χ0v) is 16.8. The average molecular weight is 410 g/mol. The van der Waals surface area contributed by atoms with Crippen molar-refractivity contribution in [3.8, 4) is 5.75 Å². The Morgan fingerprint density at radius 3 is 2.81 bits per heavy atom. The predicted octanol–water partition coefficient (Wildman–Crippen LogP) is 1.91. The molecule has 27 heavy (non-hydrogen) atoms. The van der Waals surface area contributed by atoms with E-state index in [0.29, 0.717) is 38.1 Å². The molecule has 1 atom stereocenters. The van der Waals surface area contributed by atoms with E-state index in [2.05, 4.69) is 10.3 Å². The van der Waals surface area contributed by atoms with Gasteiger partial charge in [0.2, 0.25) is 15.9 Å². The molecule has 0 saturated carbocycles. The zero-order chi connectivity index (χ0) is 19.3. The number of piperidine rings is 1. The molecule has 9 heteroatoms. The predicted molar refractivity (Wildman–Crippen MR) is 103 cm³/mol. The summed E-state index contributed by atoms with van der Waals surface area (Å²) < 4.78 is 32.2. The average Bonchev–Trinajstić information content (AvgIpc) is 3.21. The molecule has 1 aliphatic rings. The molecular formula is C18H23N3O4S2. The van der Waals surface area contributed by atoms with Crippen molar-refractivity contribution >= 4 is 27.3 Å². The van der Waals surface area contributed by atoms with E-state index in [1.807, 2.05) is 5.38 Å². The van der Waals surface area contributed by atoms with Gasteiger partial charge in [0.1, 0.15) is 5.75 Å². The lowest BCUT2D eigenvalue weighted by atomic mass is 9.99. The second-order valence-corrected chi connectivity index (χ2v) is 9.26. The van der Waals surface area contributed by atoms with Crippen LogP contribution in [-0.4, -0.2) is 50.4 Å². The summed E-state index contributed by atoms with van der Waals surface area (Å²) in [5.74, 6) is 0.175. The second-order valence-electron chi connectivity index (χ2n) is 6.34. The summed E-state index contributed by atoms with van der Waals surface area (Å²) in [6.07, 6.45) is 3.78. The van der Waals surface area contributed by atoms with Crippen LogP contribution in [0.2, 0.25) is 0 Å². The van der Waals surface area contributed by atoms with Crippen molar-refractivity contribution in [1.82, 2.24) is 14.6 Å². The summed E-state index contributed by atoms with van der Waals surface area (Å²) in [6, 6.07) is 6.32. The molecule has 0 radical (unpaired) electrons. The molecule has 1 amide bonds. The van der Waals surface area contributed by atoms with Gasteiger partial charge in [0.15, 0.2) is 0 Å². The molecule has 1 aromatic carbocycles. The third-order valence-corrected chi connectivity index (χ3v) is 7.29. The molecule has 1 aliphatic heterocycles. The van der Waals surface area contributed by atoms with Crippen LogP contribution < -0.4 is 10.1 Å². The fourth-order valence-electron chi connectivity index (χ4n) is 3.08. The number of hydrogen-bond acceptors (Lipinski definition) is 6. The standard InChI is InChI=1S/C18H23N3O4S2/c1-25-15-4-6-16(7-5-15)27(23,24)21-11-2-3-14(13-21)18(22)20-9-8-17-19-10-12-26-17/h4-7,10,12,14H,2-3,8-9,11,13H2,1H3,(H,20,22). The quantitative estimate of drug-likeness (QED) is 0.755. The molecular weight excluding hydrogens is 386 g/mol. The number of aromatic nitrogens is 1. The molecule has 3 rings (SSSR count). The minimum atomic E-state index is -3.62. The van der Waals surface area contributed by atoms with E-state index in [1.165, 1.54) is 23.5 Å². The highest BCUT2D eigenvalue weighted by atomic mass is 32.2. The van der Waals surface area contributed by atoms with E-state index in [0.717, 1.165) is 5.01 Å². The first-order valence-corrected chi connectivity index (χ1v) is 11.1. The summed E-state index contributed by atoms with van der Waals surface area (Å²) in [6.45, 7) is 1.14. The molecule has 1 aromatic heterocycles. The van der Waals surface area contributed by atoms with Crippen molar-refractivity contribution in [3.63, 3.8) is 0 Å². The molecule has 146 valence electrons. The van der Waals surface area contributed by atoms with Gasteiger partial charge < -0.3 is 10.1 Å². The van der Waals surface area contributed by atoms with Crippen LogP contribution in [0.1, 0.15) is 17.8 Å². The summed E-state index contributed by atoms with van der Waals surface area (Å²) in [7, 11) is -2.09. The summed E-state index contributed by atoms with van der Waals surface area (Å²) >= 11 is 1.56. The van der Waals surface area contributed by atoms with E-state index in [4.69, 9.17) is 4.74 Å². The van der Waals surface area contributed by atoms with Gasteiger partial charge in [-0.2, -0.15) is 4.31 Å². The molecule has 1 N–H and O–H groups in total. The van der Waals surface area contributed by atoms with Crippen molar-refractivity contribution in [1.29, 1.82) is 0 Å². The number of carbonyl (C=O) groups excluding carboxylic acids is 1. The van der Waals surface area contributed by atoms with Crippen molar-refractivity contribution in [3.05, 3.63) is 40.8 Å². The van der Waals surface area contributed by atoms with E-state index in [1.54, 1.807) is 29.7 Å². The molecule has 1 saturated heterocycles. The number of carbonyl (C=O) groups is 1. The number of amides is 1. The van der Waals surface area contributed by atoms with Crippen LogP contribution in [0.15, 0.2) is 40.7 Å². The van der Waals surface area contributed by atoms with Crippen molar-refractivity contribution in [2.45, 2.75) is 24.2 Å². The van der Waals surface area contributed by atoms with Crippen molar-refractivity contribution in [2.24, 2.45) is 5.92 Å². The highest BCUT2D eigenvalue weighted by molar-refractivity contribution is 7.89. The fourth-order valence-corrected chi connectivity index (χ4v) is 5.23. The van der Waals surface area contributed by atoms with Gasteiger partial charge >= 0.3 is 0 Å². The van der Waals surface area contributed by atoms with Crippen LogP contribution in [0.25, 0.3) is 0 Å². The minimum Gasteiger partial charge on any atom is -0.497 e. The lowest BCUT2D eigenvalue weighted by molar-refractivity contribution is -0.126. The largest absolute Gasteiger partial charge is 0.497 e. The highest BCUT2D eigenvalue weighted by Gasteiger charge is 2.33. The normalized spacial score (nSPS) is 18.2. The highest BCUT2D eigenvalue weighted by Crippen LogP contribution is 2.25. The minimum absolute atomic E-state index is 0.0961. The first-order valence-electron chi connectivity index (χ1n) is 8.81. The number of thiazole rings is 1. The van der Waals surface area contributed by atoms with Crippen LogP contribution in [0.3, 0.4) is 0 Å². The van der Waals surface area contributed by atoms with Gasteiger partial charge in [-0.3, -0.25) is 4.79 Å². The molecule has 2 heterocycles. The molecule has 0 bridgehead atoms. The Labute approximate surface area is 163 Å². The molecule has 2 aromatic rings. The molecule has 0 aliphatic carbocycles. The molecule has 1 fully saturated rings. The van der Waals surface area contributed by atoms with Gasteiger partial charge in [-0.15, -0.1) is 11.3 Å². The second kappa shape index (κ2) is 8.81. The van der Waals surface area contributed by atoms with Gasteiger partial charge in [-0.1, -0.05) is 0 Å². The zero-order valence-electron chi connectivity index (χ0n) is 15.1. The van der Waals surface area contributed by atoms with Gasteiger partial charge in [-0.25, -0.2) is 13.4 Å². The lowest BCUT2D eigenvalue weighted by Gasteiger charge is -2.31. The Morgan fingerprint density at radius 2 is 2.15 bits per heavy atom. The first-order chi connectivity index (χ1) is 13.0. The van der Waals surface area contributed by atoms with Gasteiger partial charge in [-0.05, 0) is 37.1 Å². The Balaban J connectivity index is 1.59. The monoisotopic (exact) mass is 409 g/mol. The number of nitrogens with zero attached hydrogens (tertiary/aromatic N) is 2. The Bertz CT molecular complexity index is 851. The number of methoxy groups -OCH3 is 1. The summed E-state index contributed by atoms with van der Waals surface area (Å²) in [5, 5.41) is 5.78. The number of sulfonamides is 1. The van der Waals surface area contributed by atoms with Crippen molar-refractivity contribution < 1.29 is 17.9 Å². The van der Waals surface area contributed by atoms with Gasteiger partial charge in [0.25, 0.3) is 0 Å². The van der Waals surface area contributed by atoms with E-state index >= 15 is 0 Å². The molecule has 1 unspecified atom stereocenters. The van der Waals surface area contributed by atoms with E-state index < -0.39 is 10.0 Å². The number of ether oxygens (including phenoxy) is 1. The Morgan fingerprint density at radius 1 is 1.37 bits per heavy atom. The number of nitrogens with one attached hydrogen (secondary N) is 1. The van der Waals surface area contributed by atoms with Crippen molar-refractivity contribution in [2.75, 3.05) is 26.7 Å². The smallest absolute Gasteiger partial charge is 0.243 e. The van der Waals surface area contributed by atoms with E-state index in [9.17, 15) is 13.2 Å². The van der Waals surface area contributed by atoms with Crippen LogP contribution in [0.5, 0.6) is 5.75 Å². The van der Waals surface area contributed by atoms with Crippen LogP contribution in [-0.2, 0) is 21.2 Å². The maximum Gasteiger partial charge on any atom is 0.243 e. The first kappa shape index (κ1) is 19.8. The van der Waals surface area contributed by atoms with Crippen LogP contribution >= 0.6 is 11.3 Å². The maximum absolute atomic E-state index is 12.9.